The normalized spacial score (nSPS) is 13.0. The number of carbonyl (C=O) groups is 1. The highest BCUT2D eigenvalue weighted by atomic mass is 16.5. The van der Waals surface area contributed by atoms with E-state index in [0.29, 0.717) is 18.9 Å². The van der Waals surface area contributed by atoms with Gasteiger partial charge in [0.05, 0.1) is 6.10 Å². The van der Waals surface area contributed by atoms with Gasteiger partial charge in [0.15, 0.2) is 0 Å². The highest BCUT2D eigenvalue weighted by molar-refractivity contribution is 5.77. The van der Waals surface area contributed by atoms with Crippen LogP contribution in [0.2, 0.25) is 0 Å². The van der Waals surface area contributed by atoms with Crippen molar-refractivity contribution in [2.45, 2.75) is 26.4 Å². The first-order valence-electron chi connectivity index (χ1n) is 4.50. The molecule has 1 unspecified atom stereocenters. The van der Waals surface area contributed by atoms with Gasteiger partial charge in [-0.15, -0.1) is 0 Å². The lowest BCUT2D eigenvalue weighted by molar-refractivity contribution is -0.125. The lowest BCUT2D eigenvalue weighted by Gasteiger charge is -2.13. The summed E-state index contributed by atoms with van der Waals surface area (Å²) < 4.78 is 4.62. The molecule has 0 heterocycles. The van der Waals surface area contributed by atoms with Crippen LogP contribution in [0.15, 0.2) is 0 Å². The van der Waals surface area contributed by atoms with Gasteiger partial charge in [0.25, 0.3) is 0 Å². The molecular weight excluding hydrogens is 170 g/mol. The maximum absolute atomic E-state index is 10.9. The number of rotatable bonds is 6. The predicted octanol–water partition coefficient (Wildman–Crippen LogP) is 0.156. The molecule has 2 N–H and O–H groups in total. The number of carbonyl (C=O) groups excluding carboxylic acids is 1. The Labute approximate surface area is 79.3 Å². The Balaban J connectivity index is 3.45. The largest absolute Gasteiger partial charge is 0.391 e. The van der Waals surface area contributed by atoms with Crippen molar-refractivity contribution in [2.24, 2.45) is 5.92 Å². The van der Waals surface area contributed by atoms with Crippen LogP contribution in [0.4, 0.5) is 0 Å². The van der Waals surface area contributed by atoms with E-state index in [1.165, 1.54) is 7.11 Å². The highest BCUT2D eigenvalue weighted by Crippen LogP contribution is 2.02. The fourth-order valence-electron chi connectivity index (χ4n) is 1.04. The molecule has 78 valence electrons. The maximum Gasteiger partial charge on any atom is 0.246 e. The summed E-state index contributed by atoms with van der Waals surface area (Å²) in [6.07, 6.45) is 0.244. The summed E-state index contributed by atoms with van der Waals surface area (Å²) in [5.74, 6) is 0.250. The minimum atomic E-state index is -0.458. The van der Waals surface area contributed by atoms with Crippen molar-refractivity contribution in [1.82, 2.24) is 5.32 Å². The first-order valence-corrected chi connectivity index (χ1v) is 4.50. The van der Waals surface area contributed by atoms with Crippen LogP contribution in [0.1, 0.15) is 20.3 Å². The number of hydrogen-bond donors (Lipinski definition) is 2. The second-order valence-electron chi connectivity index (χ2n) is 3.52. The van der Waals surface area contributed by atoms with Crippen LogP contribution >= 0.6 is 0 Å². The number of nitrogens with one attached hydrogen (secondary N) is 1. The molecule has 0 aromatic heterocycles. The van der Waals surface area contributed by atoms with Gasteiger partial charge in [-0.1, -0.05) is 13.8 Å². The number of aliphatic hydroxyl groups is 1. The number of ether oxygens (including phenoxy) is 1. The van der Waals surface area contributed by atoms with Crippen LogP contribution in [0, 0.1) is 5.92 Å². The van der Waals surface area contributed by atoms with Crippen molar-refractivity contribution in [2.75, 3.05) is 20.3 Å². The fraction of sp³-hybridized carbons (Fsp3) is 0.889. The average molecular weight is 189 g/mol. The minimum Gasteiger partial charge on any atom is -0.391 e. The molecule has 1 atom stereocenters. The monoisotopic (exact) mass is 189 g/mol. The van der Waals surface area contributed by atoms with Gasteiger partial charge in [0.2, 0.25) is 5.91 Å². The van der Waals surface area contributed by atoms with Crippen molar-refractivity contribution >= 4 is 5.91 Å². The number of methoxy groups -OCH3 is 1. The molecule has 0 aromatic rings. The van der Waals surface area contributed by atoms with Gasteiger partial charge in [-0.05, 0) is 12.3 Å². The van der Waals surface area contributed by atoms with Crippen LogP contribution in [0.25, 0.3) is 0 Å². The molecule has 0 aromatic carbocycles. The van der Waals surface area contributed by atoms with E-state index < -0.39 is 6.10 Å². The van der Waals surface area contributed by atoms with E-state index >= 15 is 0 Å². The Hall–Kier alpha value is -0.610. The molecule has 0 radical (unpaired) electrons. The van der Waals surface area contributed by atoms with Crippen LogP contribution in [0.3, 0.4) is 0 Å². The van der Waals surface area contributed by atoms with Gasteiger partial charge in [-0.3, -0.25) is 4.79 Å². The minimum absolute atomic E-state index is 0.0500. The number of hydrogen-bond acceptors (Lipinski definition) is 3. The van der Waals surface area contributed by atoms with E-state index in [4.69, 9.17) is 0 Å². The standard InChI is InChI=1S/C9H19NO3/c1-7(2)4-8(11)5-10-9(12)6-13-3/h7-8,11H,4-6H2,1-3H3,(H,10,12). The molecule has 1 amide bonds. The molecule has 13 heavy (non-hydrogen) atoms. The lowest BCUT2D eigenvalue weighted by atomic mass is 10.1. The third kappa shape index (κ3) is 7.74. The maximum atomic E-state index is 10.9. The zero-order valence-electron chi connectivity index (χ0n) is 8.54. The van der Waals surface area contributed by atoms with Crippen LogP contribution in [-0.4, -0.2) is 37.4 Å². The first-order chi connectivity index (χ1) is 6.06. The van der Waals surface area contributed by atoms with E-state index in [0.717, 1.165) is 0 Å². The Morgan fingerprint density at radius 1 is 1.54 bits per heavy atom. The second kappa shape index (κ2) is 6.86. The van der Waals surface area contributed by atoms with Crippen molar-refractivity contribution < 1.29 is 14.6 Å². The van der Waals surface area contributed by atoms with Gasteiger partial charge < -0.3 is 15.2 Å². The molecule has 4 heteroatoms. The van der Waals surface area contributed by atoms with Crippen molar-refractivity contribution in [3.8, 4) is 0 Å². The van der Waals surface area contributed by atoms with Crippen molar-refractivity contribution in [1.29, 1.82) is 0 Å². The molecule has 0 saturated heterocycles. The summed E-state index contributed by atoms with van der Waals surface area (Å²) >= 11 is 0. The number of aliphatic hydroxyl groups excluding tert-OH is 1. The van der Waals surface area contributed by atoms with Crippen molar-refractivity contribution in [3.63, 3.8) is 0 Å². The summed E-state index contributed by atoms with van der Waals surface area (Å²) in [6.45, 7) is 4.41. The van der Waals surface area contributed by atoms with Crippen LogP contribution < -0.4 is 5.32 Å². The molecule has 0 aliphatic heterocycles. The second-order valence-corrected chi connectivity index (χ2v) is 3.52. The van der Waals surface area contributed by atoms with E-state index in [-0.39, 0.29) is 12.5 Å². The Bertz CT molecular complexity index is 148. The van der Waals surface area contributed by atoms with Gasteiger partial charge in [0, 0.05) is 13.7 Å². The molecule has 0 aliphatic carbocycles. The Morgan fingerprint density at radius 2 is 2.15 bits per heavy atom. The third-order valence-corrected chi connectivity index (χ3v) is 1.55. The first kappa shape index (κ1) is 12.4. The van der Waals surface area contributed by atoms with Gasteiger partial charge in [0.1, 0.15) is 6.61 Å². The summed E-state index contributed by atoms with van der Waals surface area (Å²) in [5, 5.41) is 12.0. The van der Waals surface area contributed by atoms with Crippen LogP contribution in [0.5, 0.6) is 0 Å². The molecular formula is C9H19NO3. The molecule has 4 nitrogen and oxygen atoms in total. The van der Waals surface area contributed by atoms with Crippen molar-refractivity contribution in [3.05, 3.63) is 0 Å². The highest BCUT2D eigenvalue weighted by Gasteiger charge is 2.08. The molecule has 0 bridgehead atoms. The summed E-state index contributed by atoms with van der Waals surface area (Å²) in [4.78, 5) is 10.9. The summed E-state index contributed by atoms with van der Waals surface area (Å²) in [6, 6.07) is 0. The average Bonchev–Trinajstić information content (AvgIpc) is 2.00. The fourth-order valence-corrected chi connectivity index (χ4v) is 1.04. The summed E-state index contributed by atoms with van der Waals surface area (Å²) in [5.41, 5.74) is 0. The molecule has 0 aliphatic rings. The van der Waals surface area contributed by atoms with E-state index in [9.17, 15) is 9.90 Å². The van der Waals surface area contributed by atoms with Gasteiger partial charge >= 0.3 is 0 Å². The predicted molar refractivity (Wildman–Crippen MR) is 50.3 cm³/mol. The van der Waals surface area contributed by atoms with Gasteiger partial charge in [-0.2, -0.15) is 0 Å². The quantitative estimate of drug-likeness (QED) is 0.625. The van der Waals surface area contributed by atoms with Crippen LogP contribution in [-0.2, 0) is 9.53 Å². The van der Waals surface area contributed by atoms with E-state index in [2.05, 4.69) is 10.1 Å². The van der Waals surface area contributed by atoms with Gasteiger partial charge in [-0.25, -0.2) is 0 Å². The Kier molecular flexibility index (Phi) is 6.54. The zero-order chi connectivity index (χ0) is 10.3. The number of amides is 1. The molecule has 0 rings (SSSR count). The van der Waals surface area contributed by atoms with E-state index in [1.807, 2.05) is 13.8 Å². The third-order valence-electron chi connectivity index (χ3n) is 1.55. The Morgan fingerprint density at radius 3 is 2.62 bits per heavy atom. The lowest BCUT2D eigenvalue weighted by Crippen LogP contribution is -2.34. The van der Waals surface area contributed by atoms with E-state index in [1.54, 1.807) is 0 Å². The molecule has 0 spiro atoms. The smallest absolute Gasteiger partial charge is 0.246 e. The zero-order valence-corrected chi connectivity index (χ0v) is 8.54. The topological polar surface area (TPSA) is 58.6 Å². The SMILES string of the molecule is COCC(=O)NCC(O)CC(C)C. The molecule has 0 saturated carbocycles. The molecule has 0 fully saturated rings. The summed E-state index contributed by atoms with van der Waals surface area (Å²) in [7, 11) is 1.46.